The topological polar surface area (TPSA) is 79.3 Å². The molecule has 2 aromatic carbocycles. The lowest BCUT2D eigenvalue weighted by molar-refractivity contribution is -0.139. The molecule has 126 valence electrons. The number of carboxylic acid groups (broad SMARTS) is 1. The van der Waals surface area contributed by atoms with Crippen LogP contribution in [0.25, 0.3) is 10.9 Å². The highest BCUT2D eigenvalue weighted by Crippen LogP contribution is 2.13. The molecule has 1 aromatic heterocycles. The lowest BCUT2D eigenvalue weighted by atomic mass is 10.1. The summed E-state index contributed by atoms with van der Waals surface area (Å²) < 4.78 is 1.07. The maximum absolute atomic E-state index is 12.4. The van der Waals surface area contributed by atoms with Gasteiger partial charge in [-0.25, -0.2) is 4.79 Å². The van der Waals surface area contributed by atoms with Gasteiger partial charge in [-0.05, 0) is 52.4 Å². The highest BCUT2D eigenvalue weighted by atomic mass is 127. The van der Waals surface area contributed by atoms with Crippen molar-refractivity contribution in [2.24, 2.45) is 0 Å². The first-order valence-electron chi connectivity index (χ1n) is 7.66. The van der Waals surface area contributed by atoms with E-state index in [0.717, 1.165) is 20.0 Å². The second kappa shape index (κ2) is 7.60. The van der Waals surface area contributed by atoms with E-state index >= 15 is 0 Å². The number of benzene rings is 2. The van der Waals surface area contributed by atoms with Gasteiger partial charge in [0.2, 0.25) is 0 Å². The molecule has 0 aliphatic carbocycles. The van der Waals surface area contributed by atoms with Crippen LogP contribution in [0.2, 0.25) is 0 Å². The largest absolute Gasteiger partial charge is 0.480 e. The molecule has 3 aromatic rings. The molecule has 0 aliphatic rings. The summed E-state index contributed by atoms with van der Waals surface area (Å²) in [6.07, 6.45) is 1.68. The highest BCUT2D eigenvalue weighted by molar-refractivity contribution is 14.1. The molecule has 5 nitrogen and oxygen atoms in total. The summed E-state index contributed by atoms with van der Waals surface area (Å²) >= 11 is 2.18. The summed E-state index contributed by atoms with van der Waals surface area (Å²) in [5, 5.41) is 12.8. The number of aromatic nitrogens is 1. The number of nitrogens with one attached hydrogen (secondary N) is 1. The van der Waals surface area contributed by atoms with Crippen LogP contribution >= 0.6 is 22.6 Å². The SMILES string of the molecule is O=C(N[C@H](Cc1ccc(I)cc1)C(=O)O)c1cnc2ccccc2c1. The van der Waals surface area contributed by atoms with E-state index in [1.807, 2.05) is 48.5 Å². The van der Waals surface area contributed by atoms with E-state index in [2.05, 4.69) is 32.9 Å². The Balaban J connectivity index is 1.77. The molecule has 0 unspecified atom stereocenters. The number of halogens is 1. The van der Waals surface area contributed by atoms with Gasteiger partial charge in [0.25, 0.3) is 5.91 Å². The zero-order chi connectivity index (χ0) is 17.8. The van der Waals surface area contributed by atoms with E-state index in [4.69, 9.17) is 0 Å². The standard InChI is InChI=1S/C19H15IN2O3/c20-15-7-5-12(6-8-15)9-17(19(24)25)22-18(23)14-10-13-3-1-2-4-16(13)21-11-14/h1-8,10-11,17H,9H2,(H,22,23)(H,24,25)/t17-/m1/s1. The quantitative estimate of drug-likeness (QED) is 0.590. The molecule has 1 atom stereocenters. The number of nitrogens with zero attached hydrogens (tertiary/aromatic N) is 1. The molecule has 0 radical (unpaired) electrons. The Labute approximate surface area is 158 Å². The van der Waals surface area contributed by atoms with Gasteiger partial charge in [0.05, 0.1) is 11.1 Å². The smallest absolute Gasteiger partial charge is 0.326 e. The minimum Gasteiger partial charge on any atom is -0.480 e. The van der Waals surface area contributed by atoms with Crippen LogP contribution in [0.4, 0.5) is 0 Å². The van der Waals surface area contributed by atoms with Crippen molar-refractivity contribution in [1.29, 1.82) is 0 Å². The molecule has 1 amide bonds. The molecule has 6 heteroatoms. The Morgan fingerprint density at radius 3 is 2.56 bits per heavy atom. The first-order chi connectivity index (χ1) is 12.0. The lowest BCUT2D eigenvalue weighted by Crippen LogP contribution is -2.42. The van der Waals surface area contributed by atoms with Crippen LogP contribution in [0.5, 0.6) is 0 Å². The van der Waals surface area contributed by atoms with Crippen molar-refractivity contribution in [2.45, 2.75) is 12.5 Å². The van der Waals surface area contributed by atoms with Gasteiger partial charge in [0, 0.05) is 21.6 Å². The van der Waals surface area contributed by atoms with Crippen molar-refractivity contribution in [3.8, 4) is 0 Å². The van der Waals surface area contributed by atoms with Crippen LogP contribution in [0, 0.1) is 3.57 Å². The first-order valence-corrected chi connectivity index (χ1v) is 8.74. The molecule has 0 fully saturated rings. The van der Waals surface area contributed by atoms with Crippen molar-refractivity contribution in [1.82, 2.24) is 10.3 Å². The van der Waals surface area contributed by atoms with Crippen molar-refractivity contribution in [2.75, 3.05) is 0 Å². The third kappa shape index (κ3) is 4.33. The van der Waals surface area contributed by atoms with E-state index in [1.54, 1.807) is 6.07 Å². The Kier molecular flexibility index (Phi) is 5.28. The van der Waals surface area contributed by atoms with Gasteiger partial charge in [-0.1, -0.05) is 30.3 Å². The van der Waals surface area contributed by atoms with Crippen molar-refractivity contribution >= 4 is 45.4 Å². The third-order valence-electron chi connectivity index (χ3n) is 3.81. The summed E-state index contributed by atoms with van der Waals surface area (Å²) in [6, 6.07) is 15.7. The van der Waals surface area contributed by atoms with E-state index in [1.165, 1.54) is 6.20 Å². The van der Waals surface area contributed by atoms with Gasteiger partial charge in [-0.3, -0.25) is 9.78 Å². The lowest BCUT2D eigenvalue weighted by Gasteiger charge is -2.15. The van der Waals surface area contributed by atoms with Crippen molar-refractivity contribution in [3.05, 3.63) is 75.5 Å². The van der Waals surface area contributed by atoms with Crippen LogP contribution in [0.15, 0.2) is 60.8 Å². The van der Waals surface area contributed by atoms with E-state index in [-0.39, 0.29) is 6.42 Å². The number of hydrogen-bond donors (Lipinski definition) is 2. The fourth-order valence-corrected chi connectivity index (χ4v) is 2.85. The number of aliphatic carboxylic acids is 1. The maximum Gasteiger partial charge on any atom is 0.326 e. The molecule has 3 rings (SSSR count). The zero-order valence-corrected chi connectivity index (χ0v) is 15.3. The third-order valence-corrected chi connectivity index (χ3v) is 4.53. The normalized spacial score (nSPS) is 11.9. The average Bonchev–Trinajstić information content (AvgIpc) is 2.62. The van der Waals surface area contributed by atoms with Crippen molar-refractivity contribution < 1.29 is 14.7 Å². The van der Waals surface area contributed by atoms with E-state index in [9.17, 15) is 14.7 Å². The Morgan fingerprint density at radius 2 is 1.84 bits per heavy atom. The number of rotatable bonds is 5. The summed E-state index contributed by atoms with van der Waals surface area (Å²) in [5.41, 5.74) is 1.98. The number of hydrogen-bond acceptors (Lipinski definition) is 3. The van der Waals surface area contributed by atoms with E-state index in [0.29, 0.717) is 5.56 Å². The first kappa shape index (κ1) is 17.3. The second-order valence-corrected chi connectivity index (χ2v) is 6.86. The number of fused-ring (bicyclic) bond motifs is 1. The molecule has 1 heterocycles. The molecule has 0 spiro atoms. The van der Waals surface area contributed by atoms with Crippen LogP contribution in [-0.2, 0) is 11.2 Å². The van der Waals surface area contributed by atoms with Gasteiger partial charge in [0.15, 0.2) is 0 Å². The number of carbonyl (C=O) groups excluding carboxylic acids is 1. The number of amides is 1. The Bertz CT molecular complexity index is 925. The fourth-order valence-electron chi connectivity index (χ4n) is 2.49. The Morgan fingerprint density at radius 1 is 1.12 bits per heavy atom. The molecule has 25 heavy (non-hydrogen) atoms. The summed E-state index contributed by atoms with van der Waals surface area (Å²) in [7, 11) is 0. The van der Waals surface area contributed by atoms with Gasteiger partial charge >= 0.3 is 5.97 Å². The van der Waals surface area contributed by atoms with Gasteiger partial charge in [-0.2, -0.15) is 0 Å². The number of carboxylic acids is 1. The highest BCUT2D eigenvalue weighted by Gasteiger charge is 2.21. The summed E-state index contributed by atoms with van der Waals surface area (Å²) in [4.78, 5) is 28.2. The van der Waals surface area contributed by atoms with Crippen LogP contribution in [0.3, 0.4) is 0 Å². The van der Waals surface area contributed by atoms with Gasteiger partial charge < -0.3 is 10.4 Å². The minimum atomic E-state index is -1.07. The number of pyridine rings is 1. The summed E-state index contributed by atoms with van der Waals surface area (Å²) in [5.74, 6) is -1.52. The fraction of sp³-hybridized carbons (Fsp3) is 0.105. The number of carbonyl (C=O) groups is 2. The monoisotopic (exact) mass is 446 g/mol. The van der Waals surface area contributed by atoms with Crippen molar-refractivity contribution in [3.63, 3.8) is 0 Å². The van der Waals surface area contributed by atoms with E-state index < -0.39 is 17.9 Å². The average molecular weight is 446 g/mol. The van der Waals surface area contributed by atoms with Crippen LogP contribution in [0.1, 0.15) is 15.9 Å². The van der Waals surface area contributed by atoms with Crippen LogP contribution in [-0.4, -0.2) is 28.0 Å². The van der Waals surface area contributed by atoms with Gasteiger partial charge in [-0.15, -0.1) is 0 Å². The molecule has 0 aliphatic heterocycles. The molecular weight excluding hydrogens is 431 g/mol. The second-order valence-electron chi connectivity index (χ2n) is 5.61. The molecule has 2 N–H and O–H groups in total. The Hall–Kier alpha value is -2.48. The predicted octanol–water partition coefficient (Wildman–Crippen LogP) is 3.27. The number of para-hydroxylation sites is 1. The predicted molar refractivity (Wildman–Crippen MR) is 103 cm³/mol. The molecule has 0 saturated carbocycles. The molecular formula is C19H15IN2O3. The van der Waals surface area contributed by atoms with Gasteiger partial charge in [0.1, 0.15) is 6.04 Å². The maximum atomic E-state index is 12.4. The minimum absolute atomic E-state index is 0.221. The summed E-state index contributed by atoms with van der Waals surface area (Å²) in [6.45, 7) is 0. The molecule has 0 saturated heterocycles. The molecule has 0 bridgehead atoms. The van der Waals surface area contributed by atoms with Crippen LogP contribution < -0.4 is 5.32 Å². The zero-order valence-electron chi connectivity index (χ0n) is 13.1.